The van der Waals surface area contributed by atoms with E-state index in [1.165, 1.54) is 18.5 Å². The molecule has 0 aliphatic heterocycles. The van der Waals surface area contributed by atoms with Crippen LogP contribution in [0.5, 0.6) is 0 Å². The molecule has 0 N–H and O–H groups in total. The van der Waals surface area contributed by atoms with Gasteiger partial charge in [-0.15, -0.1) is 0 Å². The smallest absolute Gasteiger partial charge is 0.144 e. The summed E-state index contributed by atoms with van der Waals surface area (Å²) >= 11 is 5.91. The number of rotatable bonds is 5. The van der Waals surface area contributed by atoms with Gasteiger partial charge in [0, 0.05) is 23.0 Å². The van der Waals surface area contributed by atoms with Gasteiger partial charge in [-0.25, -0.2) is 14.1 Å². The van der Waals surface area contributed by atoms with Crippen LogP contribution in [-0.2, 0) is 17.6 Å². The predicted molar refractivity (Wildman–Crippen MR) is 74.2 cm³/mol. The Labute approximate surface area is 121 Å². The van der Waals surface area contributed by atoms with Crippen LogP contribution in [0.2, 0.25) is 5.02 Å². The van der Waals surface area contributed by atoms with Crippen molar-refractivity contribution in [3.8, 4) is 0 Å². The third kappa shape index (κ3) is 3.22. The molecule has 0 fully saturated rings. The first-order valence-corrected chi connectivity index (χ1v) is 6.69. The van der Waals surface area contributed by atoms with Crippen LogP contribution in [0.3, 0.4) is 0 Å². The monoisotopic (exact) mass is 295 g/mol. The third-order valence-corrected chi connectivity index (χ3v) is 3.28. The van der Waals surface area contributed by atoms with Crippen LogP contribution in [0.25, 0.3) is 0 Å². The van der Waals surface area contributed by atoms with E-state index in [2.05, 4.69) is 10.1 Å². The Morgan fingerprint density at radius 2 is 2.15 bits per heavy atom. The summed E-state index contributed by atoms with van der Waals surface area (Å²) in [7, 11) is 0. The average molecular weight is 296 g/mol. The Bertz CT molecular complexity index is 604. The Balaban J connectivity index is 2.12. The minimum atomic E-state index is -0.462. The molecule has 2 rings (SSSR count). The van der Waals surface area contributed by atoms with E-state index < -0.39 is 5.82 Å². The van der Waals surface area contributed by atoms with Crippen LogP contribution in [0, 0.1) is 5.82 Å². The normalized spacial score (nSPS) is 11.1. The molecule has 0 bridgehead atoms. The SMILES string of the molecule is CC(C)n1ncnc1CC(=O)Cc1c(F)cccc1Cl. The average Bonchev–Trinajstić information content (AvgIpc) is 2.82. The molecule has 0 aliphatic rings. The fraction of sp³-hybridized carbons (Fsp3) is 0.357. The second kappa shape index (κ2) is 6.13. The van der Waals surface area contributed by atoms with Gasteiger partial charge >= 0.3 is 0 Å². The topological polar surface area (TPSA) is 47.8 Å². The number of carbonyl (C=O) groups is 1. The lowest BCUT2D eigenvalue weighted by molar-refractivity contribution is -0.118. The molecular weight excluding hydrogens is 281 g/mol. The van der Waals surface area contributed by atoms with Gasteiger partial charge in [-0.3, -0.25) is 4.79 Å². The first-order valence-electron chi connectivity index (χ1n) is 6.32. The van der Waals surface area contributed by atoms with E-state index in [1.807, 2.05) is 13.8 Å². The number of aromatic nitrogens is 3. The van der Waals surface area contributed by atoms with E-state index in [-0.39, 0.29) is 35.3 Å². The first-order chi connectivity index (χ1) is 9.49. The van der Waals surface area contributed by atoms with Gasteiger partial charge in [0.25, 0.3) is 0 Å². The zero-order chi connectivity index (χ0) is 14.7. The summed E-state index contributed by atoms with van der Waals surface area (Å²) in [4.78, 5) is 16.1. The molecule has 0 unspecified atom stereocenters. The highest BCUT2D eigenvalue weighted by Crippen LogP contribution is 2.20. The lowest BCUT2D eigenvalue weighted by Gasteiger charge is -2.09. The van der Waals surface area contributed by atoms with Gasteiger partial charge in [0.2, 0.25) is 0 Å². The highest BCUT2D eigenvalue weighted by molar-refractivity contribution is 6.31. The summed E-state index contributed by atoms with van der Waals surface area (Å²) in [6, 6.07) is 4.51. The van der Waals surface area contributed by atoms with Crippen molar-refractivity contribution in [3.63, 3.8) is 0 Å². The van der Waals surface area contributed by atoms with Crippen molar-refractivity contribution in [2.75, 3.05) is 0 Å². The van der Waals surface area contributed by atoms with Gasteiger partial charge in [-0.1, -0.05) is 17.7 Å². The number of halogens is 2. The minimum absolute atomic E-state index is 0.0452. The van der Waals surface area contributed by atoms with E-state index in [0.29, 0.717) is 5.82 Å². The van der Waals surface area contributed by atoms with Crippen molar-refractivity contribution in [2.45, 2.75) is 32.7 Å². The van der Waals surface area contributed by atoms with Crippen LogP contribution in [0.15, 0.2) is 24.5 Å². The summed E-state index contributed by atoms with van der Waals surface area (Å²) in [5, 5.41) is 4.33. The molecule has 1 aromatic carbocycles. The van der Waals surface area contributed by atoms with Crippen molar-refractivity contribution in [1.29, 1.82) is 0 Å². The van der Waals surface area contributed by atoms with Crippen molar-refractivity contribution < 1.29 is 9.18 Å². The number of benzene rings is 1. The largest absolute Gasteiger partial charge is 0.299 e. The molecule has 2 aromatic rings. The fourth-order valence-electron chi connectivity index (χ4n) is 1.97. The number of hydrogen-bond donors (Lipinski definition) is 0. The molecule has 4 nitrogen and oxygen atoms in total. The zero-order valence-corrected chi connectivity index (χ0v) is 12.1. The predicted octanol–water partition coefficient (Wildman–Crippen LogP) is 3.01. The van der Waals surface area contributed by atoms with E-state index in [1.54, 1.807) is 10.7 Å². The second-order valence-electron chi connectivity index (χ2n) is 4.81. The van der Waals surface area contributed by atoms with Gasteiger partial charge < -0.3 is 0 Å². The minimum Gasteiger partial charge on any atom is -0.299 e. The number of hydrogen-bond acceptors (Lipinski definition) is 3. The number of ketones is 1. The van der Waals surface area contributed by atoms with Crippen molar-refractivity contribution in [2.24, 2.45) is 0 Å². The van der Waals surface area contributed by atoms with Crippen LogP contribution in [0.4, 0.5) is 4.39 Å². The van der Waals surface area contributed by atoms with Crippen molar-refractivity contribution >= 4 is 17.4 Å². The number of Topliss-reactive ketones (excluding diaryl/α,β-unsaturated/α-hetero) is 1. The molecule has 0 saturated carbocycles. The van der Waals surface area contributed by atoms with E-state index in [4.69, 9.17) is 11.6 Å². The van der Waals surface area contributed by atoms with Crippen LogP contribution in [0.1, 0.15) is 31.3 Å². The molecule has 6 heteroatoms. The molecule has 0 radical (unpaired) electrons. The molecule has 0 atom stereocenters. The Kier molecular flexibility index (Phi) is 4.49. The summed E-state index contributed by atoms with van der Waals surface area (Å²) in [6.07, 6.45) is 1.48. The van der Waals surface area contributed by atoms with Crippen LogP contribution in [-0.4, -0.2) is 20.5 Å². The van der Waals surface area contributed by atoms with Crippen LogP contribution >= 0.6 is 11.6 Å². The van der Waals surface area contributed by atoms with Gasteiger partial charge in [0.15, 0.2) is 0 Å². The Morgan fingerprint density at radius 3 is 2.80 bits per heavy atom. The maximum absolute atomic E-state index is 13.6. The quantitative estimate of drug-likeness (QED) is 0.852. The van der Waals surface area contributed by atoms with Gasteiger partial charge in [0.1, 0.15) is 23.8 Å². The molecule has 1 aromatic heterocycles. The van der Waals surface area contributed by atoms with Crippen molar-refractivity contribution in [3.05, 3.63) is 46.8 Å². The maximum atomic E-state index is 13.6. The van der Waals surface area contributed by atoms with Gasteiger partial charge in [-0.2, -0.15) is 5.10 Å². The standard InChI is InChI=1S/C14H15ClFN3O/c1-9(2)19-14(17-8-18-19)7-10(20)6-11-12(15)4-3-5-13(11)16/h3-5,8-9H,6-7H2,1-2H3. The summed E-state index contributed by atoms with van der Waals surface area (Å²) in [5.41, 5.74) is 0.231. The molecule has 0 spiro atoms. The van der Waals surface area contributed by atoms with Crippen molar-refractivity contribution in [1.82, 2.24) is 14.8 Å². The van der Waals surface area contributed by atoms with Crippen LogP contribution < -0.4 is 0 Å². The molecule has 0 saturated heterocycles. The van der Waals surface area contributed by atoms with Gasteiger partial charge in [-0.05, 0) is 26.0 Å². The number of carbonyl (C=O) groups excluding carboxylic acids is 1. The molecule has 20 heavy (non-hydrogen) atoms. The summed E-state index contributed by atoms with van der Waals surface area (Å²) in [6.45, 7) is 3.91. The van der Waals surface area contributed by atoms with E-state index >= 15 is 0 Å². The highest BCUT2D eigenvalue weighted by atomic mass is 35.5. The fourth-order valence-corrected chi connectivity index (χ4v) is 2.20. The molecule has 0 aliphatic carbocycles. The lowest BCUT2D eigenvalue weighted by atomic mass is 10.1. The Morgan fingerprint density at radius 1 is 1.40 bits per heavy atom. The molecular formula is C14H15ClFN3O. The first kappa shape index (κ1) is 14.7. The highest BCUT2D eigenvalue weighted by Gasteiger charge is 2.16. The van der Waals surface area contributed by atoms with E-state index in [0.717, 1.165) is 0 Å². The number of nitrogens with zero attached hydrogens (tertiary/aromatic N) is 3. The lowest BCUT2D eigenvalue weighted by Crippen LogP contribution is -2.15. The molecule has 106 valence electrons. The zero-order valence-electron chi connectivity index (χ0n) is 11.3. The second-order valence-corrected chi connectivity index (χ2v) is 5.21. The Hall–Kier alpha value is -1.75. The molecule has 0 amide bonds. The maximum Gasteiger partial charge on any atom is 0.144 e. The third-order valence-electron chi connectivity index (χ3n) is 2.93. The van der Waals surface area contributed by atoms with Gasteiger partial charge in [0.05, 0.1) is 6.42 Å². The molecule has 1 heterocycles. The van der Waals surface area contributed by atoms with E-state index in [9.17, 15) is 9.18 Å². The summed E-state index contributed by atoms with van der Waals surface area (Å²) in [5.74, 6) is -0.0273. The summed E-state index contributed by atoms with van der Waals surface area (Å²) < 4.78 is 15.3.